The quantitative estimate of drug-likeness (QED) is 0.416. The van der Waals surface area contributed by atoms with E-state index in [1.807, 2.05) is 29.5 Å². The van der Waals surface area contributed by atoms with Crippen molar-refractivity contribution in [1.82, 2.24) is 19.6 Å². The Morgan fingerprint density at radius 3 is 2.69 bits per heavy atom. The summed E-state index contributed by atoms with van der Waals surface area (Å²) in [7, 11) is 0. The van der Waals surface area contributed by atoms with Gasteiger partial charge in [0.1, 0.15) is 18.0 Å². The van der Waals surface area contributed by atoms with Crippen LogP contribution >= 0.6 is 22.6 Å². The van der Waals surface area contributed by atoms with Gasteiger partial charge in [0, 0.05) is 15.8 Å². The van der Waals surface area contributed by atoms with Gasteiger partial charge in [0.15, 0.2) is 11.6 Å². The van der Waals surface area contributed by atoms with Gasteiger partial charge in [-0.2, -0.15) is 4.98 Å². The highest BCUT2D eigenvalue weighted by atomic mass is 127. The SMILES string of the molecule is CCN(c1cc(F)cc(I)c1)c1nc2nncn2c2ccc(F)c(F)c12. The van der Waals surface area contributed by atoms with E-state index in [9.17, 15) is 13.2 Å². The molecule has 2 aromatic heterocycles. The number of anilines is 2. The van der Waals surface area contributed by atoms with Gasteiger partial charge in [-0.25, -0.2) is 13.2 Å². The summed E-state index contributed by atoms with van der Waals surface area (Å²) in [5.74, 6) is -2.04. The average Bonchev–Trinajstić information content (AvgIpc) is 3.06. The van der Waals surface area contributed by atoms with Crippen molar-refractivity contribution < 1.29 is 13.2 Å². The molecule has 2 aromatic carbocycles. The largest absolute Gasteiger partial charge is 0.326 e. The van der Waals surface area contributed by atoms with E-state index in [4.69, 9.17) is 0 Å². The Morgan fingerprint density at radius 1 is 1.15 bits per heavy atom. The highest BCUT2D eigenvalue weighted by Crippen LogP contribution is 2.34. The molecular formula is C17H11F3IN5. The molecule has 4 aromatic rings. The highest BCUT2D eigenvalue weighted by molar-refractivity contribution is 14.1. The van der Waals surface area contributed by atoms with E-state index in [0.717, 1.165) is 6.07 Å². The average molecular weight is 469 g/mol. The molecule has 0 aliphatic carbocycles. The molecule has 9 heteroatoms. The van der Waals surface area contributed by atoms with Crippen molar-refractivity contribution in [3.8, 4) is 0 Å². The molecule has 0 amide bonds. The van der Waals surface area contributed by atoms with Crippen molar-refractivity contribution in [2.45, 2.75) is 6.92 Å². The third-order valence-corrected chi connectivity index (χ3v) is 4.65. The summed E-state index contributed by atoms with van der Waals surface area (Å²) < 4.78 is 44.7. The lowest BCUT2D eigenvalue weighted by Crippen LogP contribution is -2.19. The first-order chi connectivity index (χ1) is 12.5. The fourth-order valence-corrected chi connectivity index (χ4v) is 3.54. The van der Waals surface area contributed by atoms with E-state index >= 15 is 0 Å². The molecule has 0 saturated heterocycles. The molecule has 0 atom stereocenters. The van der Waals surface area contributed by atoms with Gasteiger partial charge in [-0.3, -0.25) is 4.40 Å². The first kappa shape index (κ1) is 17.0. The van der Waals surface area contributed by atoms with Gasteiger partial charge >= 0.3 is 0 Å². The summed E-state index contributed by atoms with van der Waals surface area (Å²) in [6, 6.07) is 6.93. The smallest absolute Gasteiger partial charge is 0.257 e. The minimum atomic E-state index is -1.02. The number of hydrogen-bond donors (Lipinski definition) is 0. The number of aromatic nitrogens is 4. The van der Waals surface area contributed by atoms with Crippen LogP contribution in [0.3, 0.4) is 0 Å². The number of halogens is 4. The highest BCUT2D eigenvalue weighted by Gasteiger charge is 2.21. The Kier molecular flexibility index (Phi) is 4.17. The van der Waals surface area contributed by atoms with Gasteiger partial charge in [0.05, 0.1) is 10.9 Å². The summed E-state index contributed by atoms with van der Waals surface area (Å²) in [6.07, 6.45) is 1.38. The standard InChI is InChI=1S/C17H11F3IN5/c1-2-25(11-6-9(18)5-10(21)7-11)16-14-13(4-3-12(19)15(14)20)26-8-22-24-17(26)23-16/h3-8H,2H2,1H3. The zero-order valence-electron chi connectivity index (χ0n) is 13.4. The van der Waals surface area contributed by atoms with Crippen molar-refractivity contribution >= 4 is 50.8 Å². The van der Waals surface area contributed by atoms with Crippen LogP contribution in [0.4, 0.5) is 24.7 Å². The van der Waals surface area contributed by atoms with Crippen molar-refractivity contribution in [2.75, 3.05) is 11.4 Å². The predicted molar refractivity (Wildman–Crippen MR) is 100 cm³/mol. The first-order valence-corrected chi connectivity index (χ1v) is 8.78. The van der Waals surface area contributed by atoms with Gasteiger partial charge in [0.25, 0.3) is 5.78 Å². The van der Waals surface area contributed by atoms with Crippen LogP contribution in [0.2, 0.25) is 0 Å². The maximum atomic E-state index is 14.7. The number of fused-ring (bicyclic) bond motifs is 3. The zero-order valence-corrected chi connectivity index (χ0v) is 15.6. The molecule has 0 aliphatic rings. The molecule has 2 heterocycles. The summed E-state index contributed by atoms with van der Waals surface area (Å²) in [5, 5.41) is 7.68. The van der Waals surface area contributed by atoms with Crippen molar-refractivity contribution in [1.29, 1.82) is 0 Å². The van der Waals surface area contributed by atoms with E-state index in [2.05, 4.69) is 15.2 Å². The van der Waals surface area contributed by atoms with Crippen LogP contribution in [0.1, 0.15) is 6.92 Å². The molecule has 5 nitrogen and oxygen atoms in total. The van der Waals surface area contributed by atoms with Crippen LogP contribution in [0, 0.1) is 21.0 Å². The Bertz CT molecular complexity index is 1120. The molecule has 0 saturated carbocycles. The lowest BCUT2D eigenvalue weighted by Gasteiger charge is -2.24. The van der Waals surface area contributed by atoms with E-state index in [1.54, 1.807) is 11.0 Å². The Morgan fingerprint density at radius 2 is 1.96 bits per heavy atom. The monoisotopic (exact) mass is 469 g/mol. The maximum absolute atomic E-state index is 14.7. The molecule has 0 radical (unpaired) electrons. The second-order valence-corrected chi connectivity index (χ2v) is 6.81. The topological polar surface area (TPSA) is 46.3 Å². The second-order valence-electron chi connectivity index (χ2n) is 5.56. The summed E-state index contributed by atoms with van der Waals surface area (Å²) in [6.45, 7) is 2.18. The molecular weight excluding hydrogens is 458 g/mol. The van der Waals surface area contributed by atoms with Crippen LogP contribution in [-0.2, 0) is 0 Å². The van der Waals surface area contributed by atoms with E-state index < -0.39 is 17.5 Å². The van der Waals surface area contributed by atoms with Crippen LogP contribution in [-0.4, -0.2) is 26.1 Å². The minimum absolute atomic E-state index is 0.0154. The van der Waals surface area contributed by atoms with E-state index in [0.29, 0.717) is 21.3 Å². The molecule has 0 aliphatic heterocycles. The lowest BCUT2D eigenvalue weighted by atomic mass is 10.2. The van der Waals surface area contributed by atoms with Crippen LogP contribution in [0.5, 0.6) is 0 Å². The molecule has 0 unspecified atom stereocenters. The molecule has 0 N–H and O–H groups in total. The van der Waals surface area contributed by atoms with E-state index in [-0.39, 0.29) is 17.0 Å². The molecule has 0 spiro atoms. The molecule has 4 rings (SSSR count). The minimum Gasteiger partial charge on any atom is -0.326 e. The van der Waals surface area contributed by atoms with Crippen LogP contribution in [0.15, 0.2) is 36.7 Å². The number of benzene rings is 2. The van der Waals surface area contributed by atoms with Gasteiger partial charge in [-0.15, -0.1) is 10.2 Å². The molecule has 0 bridgehead atoms. The van der Waals surface area contributed by atoms with Crippen LogP contribution in [0.25, 0.3) is 16.7 Å². The summed E-state index contributed by atoms with van der Waals surface area (Å²) in [5.41, 5.74) is 0.858. The first-order valence-electron chi connectivity index (χ1n) is 7.70. The predicted octanol–water partition coefficient (Wildman–Crippen LogP) is 4.46. The third-order valence-electron chi connectivity index (χ3n) is 4.02. The molecule has 0 fully saturated rings. The Labute approximate surface area is 159 Å². The third kappa shape index (κ3) is 2.66. The number of rotatable bonds is 3. The van der Waals surface area contributed by atoms with E-state index in [1.165, 1.54) is 28.9 Å². The van der Waals surface area contributed by atoms with Crippen molar-refractivity contribution in [3.63, 3.8) is 0 Å². The fourth-order valence-electron chi connectivity index (χ4n) is 2.92. The summed E-state index contributed by atoms with van der Waals surface area (Å²) >= 11 is 2.00. The maximum Gasteiger partial charge on any atom is 0.257 e. The zero-order chi connectivity index (χ0) is 18.4. The van der Waals surface area contributed by atoms with Gasteiger partial charge in [0.2, 0.25) is 0 Å². The number of nitrogens with zero attached hydrogens (tertiary/aromatic N) is 5. The van der Waals surface area contributed by atoms with Crippen molar-refractivity contribution in [3.05, 3.63) is 57.7 Å². The molecule has 132 valence electrons. The number of hydrogen-bond acceptors (Lipinski definition) is 4. The lowest BCUT2D eigenvalue weighted by molar-refractivity contribution is 0.516. The summed E-state index contributed by atoms with van der Waals surface area (Å²) in [4.78, 5) is 5.97. The second kappa shape index (κ2) is 6.38. The Balaban J connectivity index is 2.08. The van der Waals surface area contributed by atoms with Gasteiger partial charge in [-0.05, 0) is 59.8 Å². The fraction of sp³-hybridized carbons (Fsp3) is 0.118. The molecule has 26 heavy (non-hydrogen) atoms. The normalized spacial score (nSPS) is 11.4. The van der Waals surface area contributed by atoms with Crippen LogP contribution < -0.4 is 4.90 Å². The van der Waals surface area contributed by atoms with Crippen molar-refractivity contribution in [2.24, 2.45) is 0 Å². The van der Waals surface area contributed by atoms with Gasteiger partial charge in [-0.1, -0.05) is 0 Å². The van der Waals surface area contributed by atoms with Gasteiger partial charge < -0.3 is 4.90 Å². The Hall–Kier alpha value is -2.43.